The van der Waals surface area contributed by atoms with E-state index in [4.69, 9.17) is 16.3 Å². The van der Waals surface area contributed by atoms with E-state index in [9.17, 15) is 4.79 Å². The van der Waals surface area contributed by atoms with E-state index >= 15 is 0 Å². The number of rotatable bonds is 6. The number of carbonyl (C=O) groups is 1. The Balaban J connectivity index is 1.40. The number of nitrogens with zero attached hydrogens (tertiary/aromatic N) is 7. The van der Waals surface area contributed by atoms with E-state index in [1.807, 2.05) is 41.9 Å². The van der Waals surface area contributed by atoms with Gasteiger partial charge < -0.3 is 19.5 Å². The molecule has 1 aliphatic heterocycles. The Kier molecular flexibility index (Phi) is 5.43. The number of methoxy groups -OCH3 is 1. The van der Waals surface area contributed by atoms with Gasteiger partial charge in [0, 0.05) is 38.9 Å². The molecule has 1 aromatic carbocycles. The zero-order valence-electron chi connectivity index (χ0n) is 18.1. The summed E-state index contributed by atoms with van der Waals surface area (Å²) in [7, 11) is 3.44. The molecule has 4 heterocycles. The zero-order chi connectivity index (χ0) is 22.9. The monoisotopic (exact) mass is 464 g/mol. The van der Waals surface area contributed by atoms with Crippen molar-refractivity contribution in [3.63, 3.8) is 0 Å². The highest BCUT2D eigenvalue weighted by atomic mass is 35.5. The van der Waals surface area contributed by atoms with Gasteiger partial charge in [-0.2, -0.15) is 5.10 Å². The van der Waals surface area contributed by atoms with Gasteiger partial charge in [0.1, 0.15) is 23.0 Å². The molecule has 1 N–H and O–H groups in total. The molecule has 0 unspecified atom stereocenters. The van der Waals surface area contributed by atoms with Crippen molar-refractivity contribution in [1.29, 1.82) is 0 Å². The minimum Gasteiger partial charge on any atom is -0.497 e. The summed E-state index contributed by atoms with van der Waals surface area (Å²) in [6, 6.07) is 9.50. The summed E-state index contributed by atoms with van der Waals surface area (Å²) in [4.78, 5) is 28.2. The first-order valence-corrected chi connectivity index (χ1v) is 10.7. The maximum atomic E-state index is 13.1. The SMILES string of the molecule is COc1cccc(CN2CCn3cc(-c4nc(Nc5ccnn5C)ncc4Cl)nc3C2=O)c1. The molecule has 10 nitrogen and oxygen atoms in total. The lowest BCUT2D eigenvalue weighted by Crippen LogP contribution is -2.39. The van der Waals surface area contributed by atoms with Crippen LogP contribution in [0.2, 0.25) is 5.02 Å². The molecule has 0 bridgehead atoms. The Morgan fingerprint density at radius 3 is 2.88 bits per heavy atom. The number of anilines is 2. The van der Waals surface area contributed by atoms with Crippen LogP contribution in [0.5, 0.6) is 5.75 Å². The van der Waals surface area contributed by atoms with Gasteiger partial charge in [0.05, 0.1) is 24.5 Å². The van der Waals surface area contributed by atoms with E-state index in [2.05, 4.69) is 25.4 Å². The standard InChI is InChI=1S/C22H21ClN8O2/c1-29-18(6-7-25-29)27-22-24-11-16(23)19(28-22)17-13-30-8-9-31(21(32)20(30)26-17)12-14-4-3-5-15(10-14)33-2/h3-7,10-11,13H,8-9,12H2,1-2H3,(H,24,27,28). The van der Waals surface area contributed by atoms with Gasteiger partial charge in [-0.25, -0.2) is 15.0 Å². The second-order valence-corrected chi connectivity index (χ2v) is 7.98. The molecule has 1 aliphatic rings. The van der Waals surface area contributed by atoms with Crippen LogP contribution in [0.3, 0.4) is 0 Å². The fraction of sp³-hybridized carbons (Fsp3) is 0.227. The van der Waals surface area contributed by atoms with E-state index in [1.54, 1.807) is 29.1 Å². The summed E-state index contributed by atoms with van der Waals surface area (Å²) in [5.74, 6) is 2.06. The number of imidazole rings is 1. The predicted octanol–water partition coefficient (Wildman–Crippen LogP) is 3.14. The van der Waals surface area contributed by atoms with Crippen molar-refractivity contribution in [3.8, 4) is 17.1 Å². The smallest absolute Gasteiger partial charge is 0.290 e. The lowest BCUT2D eigenvalue weighted by Gasteiger charge is -2.27. The number of hydrogen-bond acceptors (Lipinski definition) is 7. The Morgan fingerprint density at radius 2 is 2.09 bits per heavy atom. The number of carbonyl (C=O) groups excluding carboxylic acids is 1. The third-order valence-electron chi connectivity index (χ3n) is 5.42. The van der Waals surface area contributed by atoms with Crippen LogP contribution in [-0.2, 0) is 20.1 Å². The van der Waals surface area contributed by atoms with Crippen molar-refractivity contribution >= 4 is 29.3 Å². The highest BCUT2D eigenvalue weighted by Gasteiger charge is 2.28. The number of fused-ring (bicyclic) bond motifs is 1. The van der Waals surface area contributed by atoms with Gasteiger partial charge in [-0.15, -0.1) is 0 Å². The molecule has 3 aromatic heterocycles. The van der Waals surface area contributed by atoms with Crippen LogP contribution in [-0.4, -0.2) is 53.8 Å². The number of halogens is 1. The quantitative estimate of drug-likeness (QED) is 0.467. The first kappa shape index (κ1) is 21.0. The second-order valence-electron chi connectivity index (χ2n) is 7.58. The molecular weight excluding hydrogens is 444 g/mol. The fourth-order valence-corrected chi connectivity index (χ4v) is 3.89. The molecular formula is C22H21ClN8O2. The van der Waals surface area contributed by atoms with Crippen molar-refractivity contribution < 1.29 is 9.53 Å². The molecule has 0 saturated carbocycles. The summed E-state index contributed by atoms with van der Waals surface area (Å²) in [5, 5.41) is 7.57. The van der Waals surface area contributed by atoms with Gasteiger partial charge in [-0.3, -0.25) is 9.48 Å². The van der Waals surface area contributed by atoms with Gasteiger partial charge in [0.25, 0.3) is 5.91 Å². The largest absolute Gasteiger partial charge is 0.497 e. The van der Waals surface area contributed by atoms with Crippen LogP contribution in [0.15, 0.2) is 48.9 Å². The minimum absolute atomic E-state index is 0.145. The number of hydrogen-bond donors (Lipinski definition) is 1. The van der Waals surface area contributed by atoms with Gasteiger partial charge in [-0.05, 0) is 17.7 Å². The van der Waals surface area contributed by atoms with Gasteiger partial charge >= 0.3 is 0 Å². The van der Waals surface area contributed by atoms with Crippen molar-refractivity contribution in [2.24, 2.45) is 7.05 Å². The zero-order valence-corrected chi connectivity index (χ0v) is 18.8. The number of benzene rings is 1. The van der Waals surface area contributed by atoms with E-state index in [0.29, 0.717) is 47.8 Å². The molecule has 1 amide bonds. The molecule has 11 heteroatoms. The fourth-order valence-electron chi connectivity index (χ4n) is 3.70. The normalized spacial score (nSPS) is 13.2. The maximum absolute atomic E-state index is 13.1. The van der Waals surface area contributed by atoms with E-state index in [-0.39, 0.29) is 5.91 Å². The molecule has 4 aromatic rings. The lowest BCUT2D eigenvalue weighted by atomic mass is 10.2. The molecule has 33 heavy (non-hydrogen) atoms. The van der Waals surface area contributed by atoms with Gasteiger partial charge in [-0.1, -0.05) is 23.7 Å². The molecule has 0 saturated heterocycles. The maximum Gasteiger partial charge on any atom is 0.290 e. The molecule has 0 radical (unpaired) electrons. The molecule has 0 aliphatic carbocycles. The number of aromatic nitrogens is 6. The van der Waals surface area contributed by atoms with Gasteiger partial charge in [0.15, 0.2) is 5.82 Å². The molecule has 0 fully saturated rings. The van der Waals surface area contributed by atoms with Crippen LogP contribution < -0.4 is 10.1 Å². The average Bonchev–Trinajstić information content (AvgIpc) is 3.44. The predicted molar refractivity (Wildman–Crippen MR) is 122 cm³/mol. The first-order valence-electron chi connectivity index (χ1n) is 10.3. The van der Waals surface area contributed by atoms with Crippen LogP contribution in [0.1, 0.15) is 16.2 Å². The van der Waals surface area contributed by atoms with E-state index in [1.165, 1.54) is 6.20 Å². The Hall–Kier alpha value is -3.92. The summed E-state index contributed by atoms with van der Waals surface area (Å²) < 4.78 is 8.79. The van der Waals surface area contributed by atoms with E-state index in [0.717, 1.165) is 17.1 Å². The Labute approximate surface area is 194 Å². The molecule has 0 spiro atoms. The molecule has 168 valence electrons. The summed E-state index contributed by atoms with van der Waals surface area (Å²) in [6.07, 6.45) is 4.99. The molecule has 0 atom stereocenters. The van der Waals surface area contributed by atoms with Crippen LogP contribution in [0, 0.1) is 0 Å². The Morgan fingerprint density at radius 1 is 1.21 bits per heavy atom. The molecule has 5 rings (SSSR count). The summed E-state index contributed by atoms with van der Waals surface area (Å²) in [5.41, 5.74) is 1.96. The van der Waals surface area contributed by atoms with Gasteiger partial charge in [0.2, 0.25) is 5.95 Å². The topological polar surface area (TPSA) is 103 Å². The first-order chi connectivity index (χ1) is 16.0. The van der Waals surface area contributed by atoms with Crippen LogP contribution in [0.4, 0.5) is 11.8 Å². The van der Waals surface area contributed by atoms with Crippen molar-refractivity contribution in [2.75, 3.05) is 19.0 Å². The summed E-state index contributed by atoms with van der Waals surface area (Å²) in [6.45, 7) is 1.68. The minimum atomic E-state index is -0.145. The summed E-state index contributed by atoms with van der Waals surface area (Å²) >= 11 is 6.38. The number of aryl methyl sites for hydroxylation is 1. The second kappa shape index (κ2) is 8.55. The lowest BCUT2D eigenvalue weighted by molar-refractivity contribution is 0.0683. The third-order valence-corrected chi connectivity index (χ3v) is 5.70. The van der Waals surface area contributed by atoms with Crippen molar-refractivity contribution in [1.82, 2.24) is 34.2 Å². The van der Waals surface area contributed by atoms with Crippen LogP contribution >= 0.6 is 11.6 Å². The highest BCUT2D eigenvalue weighted by molar-refractivity contribution is 6.32. The van der Waals surface area contributed by atoms with Crippen molar-refractivity contribution in [2.45, 2.75) is 13.1 Å². The Bertz CT molecular complexity index is 1330. The third kappa shape index (κ3) is 4.12. The van der Waals surface area contributed by atoms with Crippen LogP contribution in [0.25, 0.3) is 11.4 Å². The number of ether oxygens (including phenoxy) is 1. The van der Waals surface area contributed by atoms with Crippen molar-refractivity contribution in [3.05, 3.63) is 65.3 Å². The van der Waals surface area contributed by atoms with E-state index < -0.39 is 0 Å². The number of amides is 1. The average molecular weight is 465 g/mol. The number of nitrogens with one attached hydrogen (secondary N) is 1. The highest BCUT2D eigenvalue weighted by Crippen LogP contribution is 2.28.